The van der Waals surface area contributed by atoms with Crippen molar-refractivity contribution in [1.82, 2.24) is 20.3 Å². The highest BCUT2D eigenvalue weighted by Crippen LogP contribution is 1.96. The molecular weight excluding hydrogens is 250 g/mol. The van der Waals surface area contributed by atoms with Crippen molar-refractivity contribution in [2.75, 3.05) is 26.3 Å². The molecule has 0 aromatic carbocycles. The summed E-state index contributed by atoms with van der Waals surface area (Å²) in [5.41, 5.74) is 5.64. The lowest BCUT2D eigenvalue weighted by Crippen LogP contribution is -2.35. The minimum atomic E-state index is -0.446. The van der Waals surface area contributed by atoms with Gasteiger partial charge in [0.2, 0.25) is 0 Å². The van der Waals surface area contributed by atoms with Gasteiger partial charge in [-0.15, -0.1) is 5.10 Å². The largest absolute Gasteiger partial charge is 0.351 e. The van der Waals surface area contributed by atoms with Gasteiger partial charge < -0.3 is 20.5 Å². The van der Waals surface area contributed by atoms with Gasteiger partial charge in [0.1, 0.15) is 0 Å². The minimum absolute atomic E-state index is 0.250. The molecule has 1 aromatic rings. The number of carbonyl (C=O) groups excluding carboxylic acids is 1. The Bertz CT molecular complexity index is 376. The molecule has 8 nitrogen and oxygen atoms in total. The molecule has 0 fully saturated rings. The minimum Gasteiger partial charge on any atom is -0.351 e. The molecule has 19 heavy (non-hydrogen) atoms. The van der Waals surface area contributed by atoms with Crippen molar-refractivity contribution in [2.24, 2.45) is 5.73 Å². The first-order chi connectivity index (χ1) is 9.21. The molecule has 0 saturated heterocycles. The maximum Gasteiger partial charge on any atom is 0.273 e. The summed E-state index contributed by atoms with van der Waals surface area (Å²) in [7, 11) is 0. The first kappa shape index (κ1) is 15.5. The Labute approximate surface area is 112 Å². The number of hydrogen-bond donors (Lipinski definition) is 2. The van der Waals surface area contributed by atoms with E-state index in [1.165, 1.54) is 4.68 Å². The number of carbonyl (C=O) groups is 1. The number of nitrogens with one attached hydrogen (secondary N) is 1. The fraction of sp³-hybridized carbons (Fsp3) is 0.727. The fourth-order valence-corrected chi connectivity index (χ4v) is 1.45. The van der Waals surface area contributed by atoms with Crippen molar-refractivity contribution in [3.63, 3.8) is 0 Å². The monoisotopic (exact) mass is 271 g/mol. The summed E-state index contributed by atoms with van der Waals surface area (Å²) in [4.78, 5) is 11.8. The molecule has 1 rings (SSSR count). The number of ether oxygens (including phenoxy) is 2. The summed E-state index contributed by atoms with van der Waals surface area (Å²) < 4.78 is 12.2. The second kappa shape index (κ2) is 8.57. The normalized spacial score (nSPS) is 10.9. The van der Waals surface area contributed by atoms with E-state index in [1.807, 2.05) is 13.8 Å². The zero-order chi connectivity index (χ0) is 14.1. The lowest BCUT2D eigenvalue weighted by molar-refractivity contribution is -0.131. The van der Waals surface area contributed by atoms with E-state index in [1.54, 1.807) is 6.20 Å². The molecule has 0 radical (unpaired) electrons. The number of nitrogens with two attached hydrogens (primary N) is 1. The van der Waals surface area contributed by atoms with Gasteiger partial charge in [0, 0.05) is 19.8 Å². The van der Waals surface area contributed by atoms with Crippen LogP contribution in [0.15, 0.2) is 6.20 Å². The van der Waals surface area contributed by atoms with Crippen LogP contribution in [-0.4, -0.2) is 53.5 Å². The lowest BCUT2D eigenvalue weighted by atomic mass is 10.4. The topological polar surface area (TPSA) is 104 Å². The van der Waals surface area contributed by atoms with Crippen LogP contribution in [0.25, 0.3) is 0 Å². The molecule has 0 atom stereocenters. The summed E-state index contributed by atoms with van der Waals surface area (Å²) >= 11 is 0. The van der Waals surface area contributed by atoms with Crippen molar-refractivity contribution in [3.8, 4) is 0 Å². The summed E-state index contributed by atoms with van der Waals surface area (Å²) in [5.74, 6) is -0.312. The Morgan fingerprint density at radius 2 is 2.16 bits per heavy atom. The number of amides is 1. The van der Waals surface area contributed by atoms with Crippen LogP contribution in [0.3, 0.4) is 0 Å². The molecular formula is C11H21N5O3. The van der Waals surface area contributed by atoms with Gasteiger partial charge in [0.05, 0.1) is 19.3 Å². The summed E-state index contributed by atoms with van der Waals surface area (Å²) in [6.45, 7) is 6.02. The van der Waals surface area contributed by atoms with Crippen LogP contribution in [0.2, 0.25) is 0 Å². The van der Waals surface area contributed by atoms with E-state index < -0.39 is 6.29 Å². The van der Waals surface area contributed by atoms with Crippen molar-refractivity contribution in [3.05, 3.63) is 11.9 Å². The molecule has 1 amide bonds. The molecule has 1 aromatic heterocycles. The van der Waals surface area contributed by atoms with Crippen LogP contribution >= 0.6 is 0 Å². The highest BCUT2D eigenvalue weighted by atomic mass is 16.7. The SMILES string of the molecule is CCOC(CNC(=O)c1cn(CCN)nn1)OCC. The van der Waals surface area contributed by atoms with Gasteiger partial charge >= 0.3 is 0 Å². The molecule has 0 bridgehead atoms. The van der Waals surface area contributed by atoms with Crippen LogP contribution in [0.5, 0.6) is 0 Å². The predicted octanol–water partition coefficient (Wildman–Crippen LogP) is -0.634. The highest BCUT2D eigenvalue weighted by molar-refractivity contribution is 5.91. The predicted molar refractivity (Wildman–Crippen MR) is 68.4 cm³/mol. The third-order valence-electron chi connectivity index (χ3n) is 2.26. The smallest absolute Gasteiger partial charge is 0.273 e. The summed E-state index contributed by atoms with van der Waals surface area (Å²) in [6, 6.07) is 0. The first-order valence-corrected chi connectivity index (χ1v) is 6.32. The average Bonchev–Trinajstić information content (AvgIpc) is 2.85. The number of rotatable bonds is 9. The Hall–Kier alpha value is -1.51. The molecule has 1 heterocycles. The Morgan fingerprint density at radius 3 is 2.74 bits per heavy atom. The highest BCUT2D eigenvalue weighted by Gasteiger charge is 2.14. The molecule has 0 aliphatic rings. The van der Waals surface area contributed by atoms with Gasteiger partial charge in [0.15, 0.2) is 12.0 Å². The lowest BCUT2D eigenvalue weighted by Gasteiger charge is -2.16. The number of hydrogen-bond acceptors (Lipinski definition) is 6. The maximum absolute atomic E-state index is 11.8. The first-order valence-electron chi connectivity index (χ1n) is 6.32. The molecule has 0 saturated carbocycles. The summed E-state index contributed by atoms with van der Waals surface area (Å²) in [6.07, 6.45) is 1.11. The Kier molecular flexibility index (Phi) is 7.01. The van der Waals surface area contributed by atoms with Crippen molar-refractivity contribution >= 4 is 5.91 Å². The molecule has 108 valence electrons. The van der Waals surface area contributed by atoms with Crippen LogP contribution in [0.4, 0.5) is 0 Å². The number of aromatic nitrogens is 3. The molecule has 8 heteroatoms. The van der Waals surface area contributed by atoms with E-state index >= 15 is 0 Å². The average molecular weight is 271 g/mol. The van der Waals surface area contributed by atoms with Gasteiger partial charge in [-0.2, -0.15) is 0 Å². The molecule has 3 N–H and O–H groups in total. The molecule has 0 spiro atoms. The van der Waals surface area contributed by atoms with Gasteiger partial charge in [-0.3, -0.25) is 9.48 Å². The van der Waals surface area contributed by atoms with Crippen LogP contribution in [-0.2, 0) is 16.0 Å². The number of nitrogens with zero attached hydrogens (tertiary/aromatic N) is 3. The van der Waals surface area contributed by atoms with Gasteiger partial charge in [-0.05, 0) is 13.8 Å². The third-order valence-corrected chi connectivity index (χ3v) is 2.26. The standard InChI is InChI=1S/C11H21N5O3/c1-3-18-10(19-4-2)7-13-11(17)9-8-16(6-5-12)15-14-9/h8,10H,3-7,12H2,1-2H3,(H,13,17). The zero-order valence-electron chi connectivity index (χ0n) is 11.3. The van der Waals surface area contributed by atoms with Gasteiger partial charge in [0.25, 0.3) is 5.91 Å². The molecule has 0 unspecified atom stereocenters. The Morgan fingerprint density at radius 1 is 1.47 bits per heavy atom. The summed E-state index contributed by atoms with van der Waals surface area (Å²) in [5, 5.41) is 10.2. The van der Waals surface area contributed by atoms with E-state index in [0.29, 0.717) is 26.3 Å². The van der Waals surface area contributed by atoms with E-state index in [4.69, 9.17) is 15.2 Å². The van der Waals surface area contributed by atoms with Crippen molar-refractivity contribution < 1.29 is 14.3 Å². The van der Waals surface area contributed by atoms with E-state index in [0.717, 1.165) is 0 Å². The fourth-order valence-electron chi connectivity index (χ4n) is 1.45. The van der Waals surface area contributed by atoms with E-state index in [-0.39, 0.29) is 18.1 Å². The molecule has 0 aliphatic heterocycles. The van der Waals surface area contributed by atoms with Gasteiger partial charge in [-0.25, -0.2) is 0 Å². The maximum atomic E-state index is 11.8. The molecule has 0 aliphatic carbocycles. The quantitative estimate of drug-likeness (QED) is 0.579. The van der Waals surface area contributed by atoms with Crippen LogP contribution in [0.1, 0.15) is 24.3 Å². The second-order valence-corrected chi connectivity index (χ2v) is 3.71. The third kappa shape index (κ3) is 5.33. The Balaban J connectivity index is 2.44. The van der Waals surface area contributed by atoms with Crippen LogP contribution in [0, 0.1) is 0 Å². The van der Waals surface area contributed by atoms with Crippen molar-refractivity contribution in [2.45, 2.75) is 26.7 Å². The second-order valence-electron chi connectivity index (χ2n) is 3.71. The zero-order valence-corrected chi connectivity index (χ0v) is 11.3. The van der Waals surface area contributed by atoms with Gasteiger partial charge in [-0.1, -0.05) is 5.21 Å². The van der Waals surface area contributed by atoms with Crippen LogP contribution < -0.4 is 11.1 Å². The van der Waals surface area contributed by atoms with Crippen molar-refractivity contribution in [1.29, 1.82) is 0 Å². The van der Waals surface area contributed by atoms with E-state index in [9.17, 15) is 4.79 Å². The van der Waals surface area contributed by atoms with E-state index in [2.05, 4.69) is 15.6 Å².